The monoisotopic (exact) mass is 281 g/mol. The van der Waals surface area contributed by atoms with Crippen molar-refractivity contribution in [2.75, 3.05) is 24.6 Å². The maximum absolute atomic E-state index is 9.32. The molecule has 5 nitrogen and oxygen atoms in total. The normalized spacial score (nSPS) is 22.3. The van der Waals surface area contributed by atoms with E-state index >= 15 is 0 Å². The summed E-state index contributed by atoms with van der Waals surface area (Å²) in [5.74, 6) is 0.806. The van der Waals surface area contributed by atoms with Crippen LogP contribution >= 0.6 is 12.2 Å². The van der Waals surface area contributed by atoms with Gasteiger partial charge in [-0.1, -0.05) is 12.2 Å². The number of hydrogen-bond donors (Lipinski definition) is 2. The van der Waals surface area contributed by atoms with Gasteiger partial charge in [0.25, 0.3) is 0 Å². The highest BCUT2D eigenvalue weighted by Gasteiger charge is 2.33. The Balaban J connectivity index is 2.25. The van der Waals surface area contributed by atoms with Gasteiger partial charge < -0.3 is 20.5 Å². The van der Waals surface area contributed by atoms with Crippen molar-refractivity contribution in [3.05, 3.63) is 23.9 Å². The number of nitrogens with two attached hydrogens (primary N) is 1. The van der Waals surface area contributed by atoms with Crippen LogP contribution in [0.15, 0.2) is 18.3 Å². The predicted octanol–water partition coefficient (Wildman–Crippen LogP) is 0.692. The van der Waals surface area contributed by atoms with Gasteiger partial charge in [0.1, 0.15) is 10.8 Å². The number of hydrogen-bond acceptors (Lipinski definition) is 5. The maximum Gasteiger partial charge on any atom is 0.129 e. The first-order chi connectivity index (χ1) is 8.91. The minimum Gasteiger partial charge on any atom is -0.394 e. The Bertz CT molecular complexity index is 479. The Morgan fingerprint density at radius 3 is 3.05 bits per heavy atom. The highest BCUT2D eigenvalue weighted by atomic mass is 32.1. The molecule has 1 atom stereocenters. The molecular formula is C13H19N3O2S. The molecule has 1 fully saturated rings. The number of aliphatic hydroxyl groups excluding tert-OH is 1. The lowest BCUT2D eigenvalue weighted by Gasteiger charge is -2.42. The van der Waals surface area contributed by atoms with Crippen molar-refractivity contribution in [2.24, 2.45) is 5.73 Å². The number of morpholine rings is 1. The first-order valence-corrected chi connectivity index (χ1v) is 6.61. The Labute approximate surface area is 118 Å². The van der Waals surface area contributed by atoms with Gasteiger partial charge in [0, 0.05) is 24.8 Å². The molecule has 104 valence electrons. The zero-order valence-corrected chi connectivity index (χ0v) is 12.0. The molecule has 1 unspecified atom stereocenters. The summed E-state index contributed by atoms with van der Waals surface area (Å²) >= 11 is 4.98. The second-order valence-electron chi connectivity index (χ2n) is 5.33. The fourth-order valence-corrected chi connectivity index (χ4v) is 2.44. The van der Waals surface area contributed by atoms with Crippen LogP contribution in [-0.4, -0.2) is 46.5 Å². The van der Waals surface area contributed by atoms with Crippen molar-refractivity contribution in [3.63, 3.8) is 0 Å². The lowest BCUT2D eigenvalue weighted by atomic mass is 10.1. The van der Waals surface area contributed by atoms with Gasteiger partial charge >= 0.3 is 0 Å². The second kappa shape index (κ2) is 5.40. The van der Waals surface area contributed by atoms with Crippen LogP contribution in [0.4, 0.5) is 5.82 Å². The lowest BCUT2D eigenvalue weighted by molar-refractivity contribution is -0.101. The standard InChI is InChI=1S/C13H19N3O2S/c1-13(2)8-16(6-10(7-17)18-13)11-5-9(12(14)19)3-4-15-11/h3-5,10,17H,6-8H2,1-2H3,(H2,14,19). The summed E-state index contributed by atoms with van der Waals surface area (Å²) in [6.07, 6.45) is 1.49. The van der Waals surface area contributed by atoms with E-state index in [1.807, 2.05) is 19.9 Å². The van der Waals surface area contributed by atoms with E-state index < -0.39 is 0 Å². The number of pyridine rings is 1. The highest BCUT2D eigenvalue weighted by molar-refractivity contribution is 7.80. The van der Waals surface area contributed by atoms with Gasteiger partial charge in [0.15, 0.2) is 0 Å². The average Bonchev–Trinajstić information content (AvgIpc) is 2.37. The van der Waals surface area contributed by atoms with Crippen LogP contribution in [0, 0.1) is 0 Å². The van der Waals surface area contributed by atoms with Crippen LogP contribution < -0.4 is 10.6 Å². The molecule has 0 radical (unpaired) electrons. The third-order valence-electron chi connectivity index (χ3n) is 3.04. The van der Waals surface area contributed by atoms with E-state index in [2.05, 4.69) is 9.88 Å². The Morgan fingerprint density at radius 1 is 1.68 bits per heavy atom. The summed E-state index contributed by atoms with van der Waals surface area (Å²) in [6.45, 7) is 5.30. The fourth-order valence-electron chi connectivity index (χ4n) is 2.31. The molecular weight excluding hydrogens is 262 g/mol. The molecule has 0 spiro atoms. The van der Waals surface area contributed by atoms with Crippen LogP contribution in [-0.2, 0) is 4.74 Å². The van der Waals surface area contributed by atoms with Gasteiger partial charge in [0.05, 0.1) is 18.3 Å². The molecule has 6 heteroatoms. The summed E-state index contributed by atoms with van der Waals surface area (Å²) in [5.41, 5.74) is 6.11. The van der Waals surface area contributed by atoms with Gasteiger partial charge in [-0.15, -0.1) is 0 Å². The molecule has 0 aromatic carbocycles. The van der Waals surface area contributed by atoms with Crippen LogP contribution in [0.3, 0.4) is 0 Å². The minimum atomic E-state index is -0.327. The molecule has 2 rings (SSSR count). The topological polar surface area (TPSA) is 71.6 Å². The Hall–Kier alpha value is -1.24. The summed E-state index contributed by atoms with van der Waals surface area (Å²) in [7, 11) is 0. The molecule has 1 aliphatic rings. The van der Waals surface area contributed by atoms with Crippen molar-refractivity contribution in [2.45, 2.75) is 25.6 Å². The fraction of sp³-hybridized carbons (Fsp3) is 0.538. The predicted molar refractivity (Wildman–Crippen MR) is 78.4 cm³/mol. The molecule has 0 amide bonds. The van der Waals surface area contributed by atoms with Crippen LogP contribution in [0.25, 0.3) is 0 Å². The van der Waals surface area contributed by atoms with Gasteiger partial charge in [-0.3, -0.25) is 0 Å². The zero-order chi connectivity index (χ0) is 14.0. The molecule has 3 N–H and O–H groups in total. The van der Waals surface area contributed by atoms with E-state index in [1.165, 1.54) is 0 Å². The molecule has 0 aliphatic carbocycles. The molecule has 1 aromatic heterocycles. The van der Waals surface area contributed by atoms with Crippen molar-refractivity contribution in [1.29, 1.82) is 0 Å². The third-order valence-corrected chi connectivity index (χ3v) is 3.27. The van der Waals surface area contributed by atoms with Gasteiger partial charge in [-0.05, 0) is 26.0 Å². The summed E-state index contributed by atoms with van der Waals surface area (Å²) < 4.78 is 5.78. The zero-order valence-electron chi connectivity index (χ0n) is 11.2. The first kappa shape index (κ1) is 14.2. The van der Waals surface area contributed by atoms with Gasteiger partial charge in [-0.2, -0.15) is 0 Å². The Kier molecular flexibility index (Phi) is 4.03. The van der Waals surface area contributed by atoms with E-state index in [-0.39, 0.29) is 18.3 Å². The average molecular weight is 281 g/mol. The van der Waals surface area contributed by atoms with Crippen molar-refractivity contribution in [3.8, 4) is 0 Å². The summed E-state index contributed by atoms with van der Waals surface area (Å²) in [4.78, 5) is 6.80. The van der Waals surface area contributed by atoms with E-state index in [0.29, 0.717) is 18.1 Å². The Morgan fingerprint density at radius 2 is 2.42 bits per heavy atom. The van der Waals surface area contributed by atoms with E-state index in [0.717, 1.165) is 11.4 Å². The minimum absolute atomic E-state index is 0.00504. The van der Waals surface area contributed by atoms with Crippen molar-refractivity contribution < 1.29 is 9.84 Å². The van der Waals surface area contributed by atoms with Crippen LogP contribution in [0.1, 0.15) is 19.4 Å². The third kappa shape index (κ3) is 3.40. The number of rotatable bonds is 3. The molecule has 1 aromatic rings. The SMILES string of the molecule is CC1(C)CN(c2cc(C(N)=S)ccn2)CC(CO)O1. The number of anilines is 1. The molecule has 19 heavy (non-hydrogen) atoms. The van der Waals surface area contributed by atoms with Crippen molar-refractivity contribution in [1.82, 2.24) is 4.98 Å². The van der Waals surface area contributed by atoms with Crippen LogP contribution in [0.2, 0.25) is 0 Å². The number of aliphatic hydroxyl groups is 1. The summed E-state index contributed by atoms with van der Waals surface area (Å²) in [5, 5.41) is 9.32. The number of ether oxygens (including phenoxy) is 1. The smallest absolute Gasteiger partial charge is 0.129 e. The maximum atomic E-state index is 9.32. The summed E-state index contributed by atoms with van der Waals surface area (Å²) in [6, 6.07) is 3.67. The van der Waals surface area contributed by atoms with Gasteiger partial charge in [0.2, 0.25) is 0 Å². The van der Waals surface area contributed by atoms with Crippen molar-refractivity contribution >= 4 is 23.0 Å². The number of thiocarbonyl (C=S) groups is 1. The molecule has 0 bridgehead atoms. The number of nitrogens with zero attached hydrogens (tertiary/aromatic N) is 2. The molecule has 2 heterocycles. The first-order valence-electron chi connectivity index (χ1n) is 6.21. The van der Waals surface area contributed by atoms with E-state index in [1.54, 1.807) is 12.3 Å². The second-order valence-corrected chi connectivity index (χ2v) is 5.77. The lowest BCUT2D eigenvalue weighted by Crippen LogP contribution is -2.54. The number of aromatic nitrogens is 1. The largest absolute Gasteiger partial charge is 0.394 e. The van der Waals surface area contributed by atoms with Gasteiger partial charge in [-0.25, -0.2) is 4.98 Å². The van der Waals surface area contributed by atoms with E-state index in [9.17, 15) is 5.11 Å². The van der Waals surface area contributed by atoms with E-state index in [4.69, 9.17) is 22.7 Å². The molecule has 0 saturated carbocycles. The molecule has 1 saturated heterocycles. The highest BCUT2D eigenvalue weighted by Crippen LogP contribution is 2.25. The molecule has 1 aliphatic heterocycles. The van der Waals surface area contributed by atoms with Crippen LogP contribution in [0.5, 0.6) is 0 Å². The quantitative estimate of drug-likeness (QED) is 0.794.